The lowest BCUT2D eigenvalue weighted by atomic mass is 10.2. The number of aromatic nitrogens is 1. The molecule has 0 aliphatic carbocycles. The summed E-state index contributed by atoms with van der Waals surface area (Å²) in [5.41, 5.74) is 0.201. The van der Waals surface area contributed by atoms with Gasteiger partial charge in [0, 0.05) is 18.7 Å². The van der Waals surface area contributed by atoms with Crippen molar-refractivity contribution in [1.29, 1.82) is 0 Å². The minimum atomic E-state index is -0.278. The third-order valence-electron chi connectivity index (χ3n) is 2.80. The predicted octanol–water partition coefficient (Wildman–Crippen LogP) is 1.02. The standard InChI is InChI=1S/C13H23N3O3/c1-4-5-6-16(3)8-10(2)14-13(18)12-7-11(9-17)19-15-12/h7,10,17H,4-6,8-9H2,1-3H3,(H,14,18). The van der Waals surface area contributed by atoms with E-state index >= 15 is 0 Å². The van der Waals surface area contributed by atoms with Crippen molar-refractivity contribution in [3.05, 3.63) is 17.5 Å². The number of aliphatic hydroxyl groups is 1. The third kappa shape index (κ3) is 5.40. The number of nitrogens with one attached hydrogen (secondary N) is 1. The van der Waals surface area contributed by atoms with Crippen LogP contribution in [0.1, 0.15) is 42.9 Å². The summed E-state index contributed by atoms with van der Waals surface area (Å²) < 4.78 is 4.78. The van der Waals surface area contributed by atoms with Crippen LogP contribution in [0.3, 0.4) is 0 Å². The average Bonchev–Trinajstić information content (AvgIpc) is 2.84. The molecule has 1 rings (SSSR count). The maximum Gasteiger partial charge on any atom is 0.273 e. The van der Waals surface area contributed by atoms with Gasteiger partial charge in [0.2, 0.25) is 0 Å². The molecule has 6 heteroatoms. The summed E-state index contributed by atoms with van der Waals surface area (Å²) in [6, 6.07) is 1.48. The van der Waals surface area contributed by atoms with Gasteiger partial charge in [0.05, 0.1) is 0 Å². The topological polar surface area (TPSA) is 78.6 Å². The Bertz CT molecular complexity index is 392. The van der Waals surface area contributed by atoms with Crippen LogP contribution in [0.2, 0.25) is 0 Å². The van der Waals surface area contributed by atoms with E-state index in [1.165, 1.54) is 6.07 Å². The van der Waals surface area contributed by atoms with Crippen molar-refractivity contribution in [3.63, 3.8) is 0 Å². The number of carbonyl (C=O) groups is 1. The number of hydrogen-bond donors (Lipinski definition) is 2. The van der Waals surface area contributed by atoms with Crippen molar-refractivity contribution in [3.8, 4) is 0 Å². The molecule has 0 bridgehead atoms. The minimum absolute atomic E-state index is 0.0311. The lowest BCUT2D eigenvalue weighted by molar-refractivity contribution is 0.0922. The fourth-order valence-corrected chi connectivity index (χ4v) is 1.82. The summed E-state index contributed by atoms with van der Waals surface area (Å²) in [6.45, 7) is 5.66. The van der Waals surface area contributed by atoms with Gasteiger partial charge in [0.25, 0.3) is 5.91 Å². The smallest absolute Gasteiger partial charge is 0.273 e. The van der Waals surface area contributed by atoms with Crippen LogP contribution in [0.25, 0.3) is 0 Å². The fourth-order valence-electron chi connectivity index (χ4n) is 1.82. The van der Waals surface area contributed by atoms with Gasteiger partial charge in [-0.25, -0.2) is 0 Å². The minimum Gasteiger partial charge on any atom is -0.388 e. The van der Waals surface area contributed by atoms with E-state index in [4.69, 9.17) is 9.63 Å². The quantitative estimate of drug-likeness (QED) is 0.736. The molecule has 0 aliphatic heterocycles. The molecule has 0 fully saturated rings. The van der Waals surface area contributed by atoms with Gasteiger partial charge < -0.3 is 19.8 Å². The molecule has 0 saturated heterocycles. The first-order chi connectivity index (χ1) is 9.06. The highest BCUT2D eigenvalue weighted by Gasteiger charge is 2.15. The number of hydrogen-bond acceptors (Lipinski definition) is 5. The number of likely N-dealkylation sites (N-methyl/N-ethyl adjacent to an activating group) is 1. The summed E-state index contributed by atoms with van der Waals surface area (Å²) in [5, 5.41) is 15.3. The molecule has 1 heterocycles. The van der Waals surface area contributed by atoms with Gasteiger partial charge in [-0.1, -0.05) is 18.5 Å². The van der Waals surface area contributed by atoms with Crippen LogP contribution in [-0.4, -0.2) is 47.2 Å². The highest BCUT2D eigenvalue weighted by atomic mass is 16.5. The first kappa shape index (κ1) is 15.7. The van der Waals surface area contributed by atoms with Crippen molar-refractivity contribution >= 4 is 5.91 Å². The number of nitrogens with zero attached hydrogens (tertiary/aromatic N) is 2. The first-order valence-corrected chi connectivity index (χ1v) is 6.62. The number of aliphatic hydroxyl groups excluding tert-OH is 1. The van der Waals surface area contributed by atoms with Gasteiger partial charge in [-0.15, -0.1) is 0 Å². The molecule has 1 atom stereocenters. The van der Waals surface area contributed by atoms with E-state index in [2.05, 4.69) is 22.3 Å². The van der Waals surface area contributed by atoms with Gasteiger partial charge >= 0.3 is 0 Å². The normalized spacial score (nSPS) is 12.7. The Morgan fingerprint density at radius 1 is 1.63 bits per heavy atom. The first-order valence-electron chi connectivity index (χ1n) is 6.62. The molecule has 2 N–H and O–H groups in total. The molecule has 1 aromatic rings. The lowest BCUT2D eigenvalue weighted by Gasteiger charge is -2.21. The highest BCUT2D eigenvalue weighted by molar-refractivity contribution is 5.92. The molecule has 0 aromatic carbocycles. The highest BCUT2D eigenvalue weighted by Crippen LogP contribution is 2.03. The van der Waals surface area contributed by atoms with Crippen LogP contribution >= 0.6 is 0 Å². The Balaban J connectivity index is 2.38. The molecule has 0 radical (unpaired) electrons. The van der Waals surface area contributed by atoms with Gasteiger partial charge in [0.1, 0.15) is 6.61 Å². The monoisotopic (exact) mass is 269 g/mol. The molecule has 19 heavy (non-hydrogen) atoms. The fraction of sp³-hybridized carbons (Fsp3) is 0.692. The average molecular weight is 269 g/mol. The van der Waals surface area contributed by atoms with Crippen LogP contribution in [0, 0.1) is 0 Å². The number of amides is 1. The van der Waals surface area contributed by atoms with Crippen molar-refractivity contribution in [2.24, 2.45) is 0 Å². The molecular weight excluding hydrogens is 246 g/mol. The molecule has 1 aromatic heterocycles. The maximum absolute atomic E-state index is 11.8. The summed E-state index contributed by atoms with van der Waals surface area (Å²) >= 11 is 0. The van der Waals surface area contributed by atoms with Gasteiger partial charge in [-0.05, 0) is 26.9 Å². The van der Waals surface area contributed by atoms with Gasteiger partial charge in [-0.3, -0.25) is 4.79 Å². The summed E-state index contributed by atoms with van der Waals surface area (Å²) in [7, 11) is 2.04. The predicted molar refractivity (Wildman–Crippen MR) is 71.8 cm³/mol. The van der Waals surface area contributed by atoms with Crippen molar-refractivity contribution in [2.75, 3.05) is 20.1 Å². The SMILES string of the molecule is CCCCN(C)CC(C)NC(=O)c1cc(CO)on1. The maximum atomic E-state index is 11.8. The molecule has 108 valence electrons. The summed E-state index contributed by atoms with van der Waals surface area (Å²) in [5.74, 6) is 0.0118. The van der Waals surface area contributed by atoms with E-state index in [0.29, 0.717) is 0 Å². The van der Waals surface area contributed by atoms with E-state index in [9.17, 15) is 4.79 Å². The second kappa shape index (κ2) is 7.91. The number of unbranched alkanes of at least 4 members (excludes halogenated alkanes) is 1. The van der Waals surface area contributed by atoms with E-state index in [1.54, 1.807) is 0 Å². The van der Waals surface area contributed by atoms with E-state index in [1.807, 2.05) is 14.0 Å². The second-order valence-corrected chi connectivity index (χ2v) is 4.83. The molecule has 0 spiro atoms. The third-order valence-corrected chi connectivity index (χ3v) is 2.80. The van der Waals surface area contributed by atoms with Crippen LogP contribution in [-0.2, 0) is 6.61 Å². The van der Waals surface area contributed by atoms with Crippen LogP contribution in [0.5, 0.6) is 0 Å². The Labute approximate surface area is 113 Å². The van der Waals surface area contributed by atoms with Crippen molar-refractivity contribution in [2.45, 2.75) is 39.3 Å². The molecular formula is C13H23N3O3. The summed E-state index contributed by atoms with van der Waals surface area (Å²) in [6.07, 6.45) is 2.31. The molecule has 0 aliphatic rings. The molecule has 6 nitrogen and oxygen atoms in total. The second-order valence-electron chi connectivity index (χ2n) is 4.83. The molecule has 1 amide bonds. The Morgan fingerprint density at radius 2 is 2.37 bits per heavy atom. The zero-order valence-corrected chi connectivity index (χ0v) is 11.8. The van der Waals surface area contributed by atoms with Crippen molar-refractivity contribution in [1.82, 2.24) is 15.4 Å². The number of carbonyl (C=O) groups excluding carboxylic acids is 1. The molecule has 0 saturated carbocycles. The Kier molecular flexibility index (Phi) is 6.52. The zero-order valence-electron chi connectivity index (χ0n) is 11.8. The van der Waals surface area contributed by atoms with E-state index in [0.717, 1.165) is 25.9 Å². The van der Waals surface area contributed by atoms with Crippen LogP contribution < -0.4 is 5.32 Å². The molecule has 1 unspecified atom stereocenters. The Hall–Kier alpha value is -1.40. The summed E-state index contributed by atoms with van der Waals surface area (Å²) in [4.78, 5) is 14.0. The van der Waals surface area contributed by atoms with Gasteiger partial charge in [0.15, 0.2) is 11.5 Å². The van der Waals surface area contributed by atoms with Gasteiger partial charge in [-0.2, -0.15) is 0 Å². The van der Waals surface area contributed by atoms with Crippen LogP contribution in [0.15, 0.2) is 10.6 Å². The van der Waals surface area contributed by atoms with E-state index < -0.39 is 0 Å². The Morgan fingerprint density at radius 3 is 2.95 bits per heavy atom. The van der Waals surface area contributed by atoms with Crippen molar-refractivity contribution < 1.29 is 14.4 Å². The lowest BCUT2D eigenvalue weighted by Crippen LogP contribution is -2.41. The largest absolute Gasteiger partial charge is 0.388 e. The number of rotatable bonds is 8. The van der Waals surface area contributed by atoms with Crippen LogP contribution in [0.4, 0.5) is 0 Å². The van der Waals surface area contributed by atoms with E-state index in [-0.39, 0.29) is 30.0 Å². The zero-order chi connectivity index (χ0) is 14.3.